The molecule has 0 aliphatic heterocycles. The number of benzene rings is 1. The van der Waals surface area contributed by atoms with Gasteiger partial charge in [0.05, 0.1) is 7.11 Å². The van der Waals surface area contributed by atoms with Crippen molar-refractivity contribution in [1.29, 1.82) is 0 Å². The molecule has 0 radical (unpaired) electrons. The molecule has 118 valence electrons. The van der Waals surface area contributed by atoms with Gasteiger partial charge in [-0.25, -0.2) is 0 Å². The smallest absolute Gasteiger partial charge is 0.222 e. The second-order valence-corrected chi connectivity index (χ2v) is 5.33. The number of hydrogen-bond acceptors (Lipinski definition) is 3. The van der Waals surface area contributed by atoms with Crippen LogP contribution in [-0.4, -0.2) is 25.6 Å². The van der Waals surface area contributed by atoms with Crippen molar-refractivity contribution < 1.29 is 9.53 Å². The molecule has 0 saturated heterocycles. The molecule has 0 fully saturated rings. The maximum absolute atomic E-state index is 11.8. The molecular weight excluding hydrogens is 264 g/mol. The van der Waals surface area contributed by atoms with E-state index in [0.29, 0.717) is 12.6 Å². The first-order valence-corrected chi connectivity index (χ1v) is 7.75. The van der Waals surface area contributed by atoms with E-state index < -0.39 is 0 Å². The van der Waals surface area contributed by atoms with Gasteiger partial charge in [-0.2, -0.15) is 0 Å². The lowest BCUT2D eigenvalue weighted by Crippen LogP contribution is -2.35. The van der Waals surface area contributed by atoms with Gasteiger partial charge in [-0.1, -0.05) is 32.0 Å². The third-order valence-electron chi connectivity index (χ3n) is 3.70. The molecular formula is C17H28N2O2. The van der Waals surface area contributed by atoms with Crippen LogP contribution in [0.4, 0.5) is 0 Å². The van der Waals surface area contributed by atoms with Crippen molar-refractivity contribution in [2.45, 2.75) is 46.2 Å². The quantitative estimate of drug-likeness (QED) is 0.736. The maximum atomic E-state index is 11.8. The number of methoxy groups -OCH3 is 1. The molecule has 21 heavy (non-hydrogen) atoms. The van der Waals surface area contributed by atoms with Crippen molar-refractivity contribution in [3.05, 3.63) is 29.8 Å². The zero-order valence-electron chi connectivity index (χ0n) is 13.6. The van der Waals surface area contributed by atoms with Crippen LogP contribution in [0, 0.1) is 5.92 Å². The summed E-state index contributed by atoms with van der Waals surface area (Å²) in [5, 5.41) is 6.41. The van der Waals surface area contributed by atoms with Crippen LogP contribution in [0.25, 0.3) is 0 Å². The zero-order valence-corrected chi connectivity index (χ0v) is 13.6. The summed E-state index contributed by atoms with van der Waals surface area (Å²) >= 11 is 0. The molecule has 0 bridgehead atoms. The molecule has 0 aliphatic rings. The van der Waals surface area contributed by atoms with Gasteiger partial charge < -0.3 is 15.4 Å². The van der Waals surface area contributed by atoms with Gasteiger partial charge in [0.2, 0.25) is 5.91 Å². The molecule has 1 rings (SSSR count). The monoisotopic (exact) mass is 292 g/mol. The van der Waals surface area contributed by atoms with Crippen molar-refractivity contribution in [3.63, 3.8) is 0 Å². The van der Waals surface area contributed by atoms with Crippen molar-refractivity contribution >= 4 is 5.91 Å². The minimum absolute atomic E-state index is 0.0278. The molecule has 1 aromatic rings. The molecule has 2 atom stereocenters. The number of nitrogens with one attached hydrogen (secondary N) is 2. The summed E-state index contributed by atoms with van der Waals surface area (Å²) in [6.45, 7) is 7.52. The minimum Gasteiger partial charge on any atom is -0.496 e. The third-order valence-corrected chi connectivity index (χ3v) is 3.70. The Bertz CT molecular complexity index is 435. The van der Waals surface area contributed by atoms with Gasteiger partial charge in [0.15, 0.2) is 0 Å². The fourth-order valence-electron chi connectivity index (χ4n) is 2.38. The third kappa shape index (κ3) is 5.76. The minimum atomic E-state index is 0.0278. The highest BCUT2D eigenvalue weighted by atomic mass is 16.5. The normalized spacial score (nSPS) is 13.5. The Morgan fingerprint density at radius 3 is 2.62 bits per heavy atom. The Labute approximate surface area is 128 Å². The second kappa shape index (κ2) is 9.40. The predicted octanol–water partition coefficient (Wildman–Crippen LogP) is 2.73. The summed E-state index contributed by atoms with van der Waals surface area (Å²) in [7, 11) is 1.69. The molecule has 2 N–H and O–H groups in total. The number of para-hydroxylation sites is 1. The average molecular weight is 292 g/mol. The van der Waals surface area contributed by atoms with Crippen LogP contribution >= 0.6 is 0 Å². The van der Waals surface area contributed by atoms with Crippen LogP contribution in [0.5, 0.6) is 5.75 Å². The lowest BCUT2D eigenvalue weighted by Gasteiger charge is -2.21. The predicted molar refractivity (Wildman–Crippen MR) is 86.4 cm³/mol. The van der Waals surface area contributed by atoms with Gasteiger partial charge in [-0.3, -0.25) is 4.79 Å². The Morgan fingerprint density at radius 2 is 2.00 bits per heavy atom. The van der Waals surface area contributed by atoms with E-state index >= 15 is 0 Å². The first-order valence-electron chi connectivity index (χ1n) is 7.75. The summed E-state index contributed by atoms with van der Waals surface area (Å²) in [5.74, 6) is 1.06. The van der Waals surface area contributed by atoms with E-state index in [2.05, 4.69) is 23.6 Å². The Kier molecular flexibility index (Phi) is 7.83. The Balaban J connectivity index is 2.52. The van der Waals surface area contributed by atoms with Gasteiger partial charge in [-0.05, 0) is 25.8 Å². The van der Waals surface area contributed by atoms with Gasteiger partial charge in [0.1, 0.15) is 5.75 Å². The van der Waals surface area contributed by atoms with Gasteiger partial charge in [0.25, 0.3) is 0 Å². The maximum Gasteiger partial charge on any atom is 0.222 e. The lowest BCUT2D eigenvalue weighted by atomic mass is 9.99. The van der Waals surface area contributed by atoms with Gasteiger partial charge >= 0.3 is 0 Å². The zero-order chi connectivity index (χ0) is 15.7. The number of hydrogen-bond donors (Lipinski definition) is 2. The van der Waals surface area contributed by atoms with Gasteiger partial charge in [-0.15, -0.1) is 0 Å². The molecule has 0 aromatic heterocycles. The van der Waals surface area contributed by atoms with Crippen LogP contribution in [-0.2, 0) is 11.3 Å². The fraction of sp³-hybridized carbons (Fsp3) is 0.588. The number of ether oxygens (including phenoxy) is 1. The molecule has 0 unspecified atom stereocenters. The molecule has 1 amide bonds. The van der Waals surface area contributed by atoms with E-state index in [0.717, 1.165) is 30.7 Å². The lowest BCUT2D eigenvalue weighted by molar-refractivity contribution is -0.124. The first-order chi connectivity index (χ1) is 10.1. The second-order valence-electron chi connectivity index (χ2n) is 5.33. The summed E-state index contributed by atoms with van der Waals surface area (Å²) in [6.07, 6.45) is 1.84. The van der Waals surface area contributed by atoms with Crippen LogP contribution in [0.15, 0.2) is 24.3 Å². The summed E-state index contributed by atoms with van der Waals surface area (Å²) in [6, 6.07) is 8.34. The van der Waals surface area contributed by atoms with Gasteiger partial charge in [0, 0.05) is 30.6 Å². The Morgan fingerprint density at radius 1 is 1.29 bits per heavy atom. The largest absolute Gasteiger partial charge is 0.496 e. The standard InChI is InChI=1S/C17H28N2O2/c1-5-15(11-13(3)17(20)18-6-2)19-12-14-9-7-8-10-16(14)21-4/h7-10,13,15,19H,5-6,11-12H2,1-4H3,(H,18,20)/t13-,15+/m0/s1. The average Bonchev–Trinajstić information content (AvgIpc) is 2.51. The highest BCUT2D eigenvalue weighted by Crippen LogP contribution is 2.18. The van der Waals surface area contributed by atoms with Crippen LogP contribution < -0.4 is 15.4 Å². The fourth-order valence-corrected chi connectivity index (χ4v) is 2.38. The van der Waals surface area contributed by atoms with E-state index in [1.54, 1.807) is 7.11 Å². The highest BCUT2D eigenvalue weighted by Gasteiger charge is 2.17. The SMILES string of the molecule is CCNC(=O)[C@@H](C)C[C@@H](CC)NCc1ccccc1OC. The van der Waals surface area contributed by atoms with E-state index in [4.69, 9.17) is 4.74 Å². The molecule has 0 spiro atoms. The van der Waals surface area contributed by atoms with Crippen LogP contribution in [0.3, 0.4) is 0 Å². The van der Waals surface area contributed by atoms with Crippen molar-refractivity contribution in [2.75, 3.05) is 13.7 Å². The summed E-state index contributed by atoms with van der Waals surface area (Å²) in [4.78, 5) is 11.8. The van der Waals surface area contributed by atoms with E-state index in [9.17, 15) is 4.79 Å². The first kappa shape index (κ1) is 17.5. The Hall–Kier alpha value is -1.55. The van der Waals surface area contributed by atoms with Crippen LogP contribution in [0.1, 0.15) is 39.2 Å². The number of carbonyl (C=O) groups is 1. The van der Waals surface area contributed by atoms with E-state index in [-0.39, 0.29) is 11.8 Å². The number of carbonyl (C=O) groups excluding carboxylic acids is 1. The molecule has 0 heterocycles. The highest BCUT2D eigenvalue weighted by molar-refractivity contribution is 5.78. The molecule has 0 saturated carbocycles. The van der Waals surface area contributed by atoms with E-state index in [1.165, 1.54) is 0 Å². The van der Waals surface area contributed by atoms with Crippen molar-refractivity contribution in [2.24, 2.45) is 5.92 Å². The number of rotatable bonds is 9. The summed E-state index contributed by atoms with van der Waals surface area (Å²) < 4.78 is 5.36. The molecule has 4 nitrogen and oxygen atoms in total. The van der Waals surface area contributed by atoms with Crippen molar-refractivity contribution in [3.8, 4) is 5.75 Å². The van der Waals surface area contributed by atoms with Crippen LogP contribution in [0.2, 0.25) is 0 Å². The topological polar surface area (TPSA) is 50.4 Å². The number of amides is 1. The summed E-state index contributed by atoms with van der Waals surface area (Å²) in [5.41, 5.74) is 1.14. The molecule has 0 aliphatic carbocycles. The van der Waals surface area contributed by atoms with Crippen molar-refractivity contribution in [1.82, 2.24) is 10.6 Å². The molecule has 1 aromatic carbocycles. The molecule has 4 heteroatoms. The van der Waals surface area contributed by atoms with E-state index in [1.807, 2.05) is 32.0 Å².